The van der Waals surface area contributed by atoms with Crippen LogP contribution in [-0.2, 0) is 9.53 Å². The van der Waals surface area contributed by atoms with Gasteiger partial charge in [0.1, 0.15) is 18.4 Å². The van der Waals surface area contributed by atoms with Crippen molar-refractivity contribution in [1.29, 1.82) is 5.26 Å². The highest BCUT2D eigenvalue weighted by atomic mass is 79.9. The highest BCUT2D eigenvalue weighted by molar-refractivity contribution is 9.10. The number of carbonyl (C=O) groups is 2. The molecule has 0 saturated heterocycles. The van der Waals surface area contributed by atoms with Crippen molar-refractivity contribution in [2.24, 2.45) is 5.41 Å². The van der Waals surface area contributed by atoms with Crippen LogP contribution in [0.5, 0.6) is 5.75 Å². The quantitative estimate of drug-likeness (QED) is 0.278. The molecular weight excluding hydrogens is 588 g/mol. The van der Waals surface area contributed by atoms with Crippen molar-refractivity contribution in [3.63, 3.8) is 0 Å². The van der Waals surface area contributed by atoms with E-state index in [4.69, 9.17) is 9.47 Å². The van der Waals surface area contributed by atoms with Gasteiger partial charge in [-0.05, 0) is 82.5 Å². The van der Waals surface area contributed by atoms with E-state index in [1.54, 1.807) is 29.9 Å². The van der Waals surface area contributed by atoms with E-state index in [0.717, 1.165) is 15.1 Å². The minimum atomic E-state index is -1.18. The summed E-state index contributed by atoms with van der Waals surface area (Å²) in [5, 5.41) is 23.5. The van der Waals surface area contributed by atoms with Crippen LogP contribution >= 0.6 is 15.9 Å². The molecule has 2 aromatic carbocycles. The molecule has 0 radical (unpaired) electrons. The lowest BCUT2D eigenvalue weighted by molar-refractivity contribution is -0.135. The van der Waals surface area contributed by atoms with E-state index >= 15 is 0 Å². The number of hydrogen-bond donors (Lipinski definition) is 1. The van der Waals surface area contributed by atoms with E-state index < -0.39 is 18.4 Å². The summed E-state index contributed by atoms with van der Waals surface area (Å²) in [5.74, 6) is -1.34. The van der Waals surface area contributed by atoms with Gasteiger partial charge in [0.05, 0.1) is 41.3 Å². The normalized spacial score (nSPS) is 11.1. The van der Waals surface area contributed by atoms with Crippen LogP contribution in [0.1, 0.15) is 70.1 Å². The predicted octanol–water partition coefficient (Wildman–Crippen LogP) is 6.79. The van der Waals surface area contributed by atoms with Gasteiger partial charge in [0.25, 0.3) is 5.91 Å². The number of nitrogens with zero attached hydrogens (tertiary/aromatic N) is 4. The highest BCUT2D eigenvalue weighted by Crippen LogP contribution is 2.28. The number of benzene rings is 2. The van der Waals surface area contributed by atoms with Gasteiger partial charge < -0.3 is 14.6 Å². The van der Waals surface area contributed by atoms with Crippen LogP contribution in [0.2, 0.25) is 0 Å². The average Bonchev–Trinajstić information content (AvgIpc) is 3.26. The molecule has 0 unspecified atom stereocenters. The van der Waals surface area contributed by atoms with Gasteiger partial charge in [-0.1, -0.05) is 36.7 Å². The molecule has 1 heterocycles. The fraction of sp³-hybridized carbons (Fsp3) is 0.419. The third kappa shape index (κ3) is 10.7. The second-order valence-electron chi connectivity index (χ2n) is 11.2. The Hall–Kier alpha value is -3.68. The Balaban J connectivity index is 0.000000745. The molecular formula is C31H39BrN4O5. The lowest BCUT2D eigenvalue weighted by atomic mass is 9.98. The number of carboxylic acids is 1. The third-order valence-corrected chi connectivity index (χ3v) is 5.89. The molecule has 0 spiro atoms. The first kappa shape index (κ1) is 33.5. The zero-order valence-electron chi connectivity index (χ0n) is 24.9. The molecule has 1 N–H and O–H groups in total. The first-order valence-corrected chi connectivity index (χ1v) is 14.1. The molecule has 41 heavy (non-hydrogen) atoms. The number of anilines is 1. The Morgan fingerprint density at radius 3 is 2.20 bits per heavy atom. The van der Waals surface area contributed by atoms with Gasteiger partial charge in [-0.3, -0.25) is 14.5 Å². The number of hydrogen-bond acceptors (Lipinski definition) is 6. The van der Waals surface area contributed by atoms with Crippen molar-refractivity contribution in [2.75, 3.05) is 18.1 Å². The Morgan fingerprint density at radius 1 is 1.10 bits per heavy atom. The summed E-state index contributed by atoms with van der Waals surface area (Å²) in [6, 6.07) is 14.1. The first-order valence-electron chi connectivity index (χ1n) is 13.3. The van der Waals surface area contributed by atoms with Crippen molar-refractivity contribution >= 4 is 33.5 Å². The van der Waals surface area contributed by atoms with Crippen LogP contribution in [0.25, 0.3) is 5.69 Å². The summed E-state index contributed by atoms with van der Waals surface area (Å²) < 4.78 is 13.5. The zero-order valence-corrected chi connectivity index (χ0v) is 26.5. The number of nitriles is 1. The van der Waals surface area contributed by atoms with Gasteiger partial charge in [-0.25, -0.2) is 4.68 Å². The number of halogens is 1. The summed E-state index contributed by atoms with van der Waals surface area (Å²) in [5.41, 5.74) is 1.85. The maximum atomic E-state index is 13.4. The van der Waals surface area contributed by atoms with Crippen LogP contribution in [0.3, 0.4) is 0 Å². The molecule has 1 aromatic heterocycles. The molecule has 9 nitrogen and oxygen atoms in total. The first-order chi connectivity index (χ1) is 19.1. The van der Waals surface area contributed by atoms with Crippen molar-refractivity contribution in [1.82, 2.24) is 9.78 Å². The van der Waals surface area contributed by atoms with Gasteiger partial charge in [0.2, 0.25) is 0 Å². The maximum absolute atomic E-state index is 13.4. The summed E-state index contributed by atoms with van der Waals surface area (Å²) in [6.45, 7) is 15.7. The summed E-state index contributed by atoms with van der Waals surface area (Å²) in [4.78, 5) is 26.1. The minimum absolute atomic E-state index is 0.108. The van der Waals surface area contributed by atoms with Crippen molar-refractivity contribution in [3.8, 4) is 17.5 Å². The van der Waals surface area contributed by atoms with Crippen LogP contribution in [-0.4, -0.2) is 52.1 Å². The molecule has 0 atom stereocenters. The van der Waals surface area contributed by atoms with E-state index in [0.29, 0.717) is 30.3 Å². The molecule has 0 aliphatic carbocycles. The molecule has 0 fully saturated rings. The topological polar surface area (TPSA) is 118 Å². The largest absolute Gasteiger partial charge is 0.492 e. The Morgan fingerprint density at radius 2 is 1.71 bits per heavy atom. The number of ether oxygens (including phenoxy) is 2. The van der Waals surface area contributed by atoms with Gasteiger partial charge in [0.15, 0.2) is 0 Å². The monoisotopic (exact) mass is 626 g/mol. The van der Waals surface area contributed by atoms with Gasteiger partial charge >= 0.3 is 5.97 Å². The number of aliphatic carboxylic acids is 1. The van der Waals surface area contributed by atoms with Gasteiger partial charge in [-0.15, -0.1) is 0 Å². The molecule has 3 rings (SSSR count). The molecule has 10 heteroatoms. The molecule has 0 aliphatic rings. The van der Waals surface area contributed by atoms with Crippen LogP contribution in [0, 0.1) is 23.7 Å². The van der Waals surface area contributed by atoms with E-state index in [1.807, 2.05) is 72.7 Å². The van der Waals surface area contributed by atoms with Gasteiger partial charge in [-0.2, -0.15) is 10.4 Å². The Labute approximate surface area is 250 Å². The van der Waals surface area contributed by atoms with Crippen LogP contribution in [0.15, 0.2) is 53.1 Å². The number of aromatic nitrogens is 2. The number of carboxylic acid groups (broad SMARTS) is 1. The second-order valence-corrected chi connectivity index (χ2v) is 12.1. The lowest BCUT2D eigenvalue weighted by Gasteiger charge is -2.23. The molecule has 220 valence electrons. The number of aryl methyl sites for hydroxylation is 1. The molecule has 0 saturated carbocycles. The summed E-state index contributed by atoms with van der Waals surface area (Å²) in [7, 11) is 0. The zero-order chi connectivity index (χ0) is 30.9. The van der Waals surface area contributed by atoms with E-state index in [1.165, 1.54) is 6.07 Å². The molecule has 1 amide bonds. The molecule has 0 bridgehead atoms. The number of amides is 1. The molecule has 0 aliphatic heterocycles. The average molecular weight is 628 g/mol. The van der Waals surface area contributed by atoms with Crippen molar-refractivity contribution in [3.05, 3.63) is 70.0 Å². The summed E-state index contributed by atoms with van der Waals surface area (Å²) >= 11 is 3.39. The van der Waals surface area contributed by atoms with E-state index in [9.17, 15) is 20.0 Å². The highest BCUT2D eigenvalue weighted by Gasteiger charge is 2.25. The second kappa shape index (κ2) is 14.8. The third-order valence-electron chi connectivity index (χ3n) is 5.36. The summed E-state index contributed by atoms with van der Waals surface area (Å²) in [6.07, 6.45) is 2.32. The van der Waals surface area contributed by atoms with Crippen molar-refractivity contribution < 1.29 is 24.2 Å². The SMILES string of the molecule is CC(C)OC(C)C.Cc1nn(-c2ccc(Br)cc2)cc1C(=O)N(CC(=O)O)c1ccc(OCC(C)(C)C)c(C#N)c1. The van der Waals surface area contributed by atoms with E-state index in [-0.39, 0.29) is 22.2 Å². The Kier molecular flexibility index (Phi) is 12.1. The van der Waals surface area contributed by atoms with Gasteiger partial charge in [0, 0.05) is 16.4 Å². The molecule has 3 aromatic rings. The van der Waals surface area contributed by atoms with Crippen molar-refractivity contribution in [2.45, 2.75) is 67.6 Å². The standard InChI is InChI=1S/C25H25BrN4O4.C6H14O/c1-16-21(13-30(28-16)19-7-5-18(26)6-8-19)24(33)29(14-23(31)32)20-9-10-22(17(11-20)12-27)34-15-25(2,3)4;1-5(2)7-6(3)4/h5-11,13H,14-15H2,1-4H3,(H,31,32);5-6H,1-4H3. The predicted molar refractivity (Wildman–Crippen MR) is 163 cm³/mol. The smallest absolute Gasteiger partial charge is 0.323 e. The fourth-order valence-electron chi connectivity index (χ4n) is 3.69. The minimum Gasteiger partial charge on any atom is -0.492 e. The number of rotatable bonds is 9. The maximum Gasteiger partial charge on any atom is 0.323 e. The van der Waals surface area contributed by atoms with E-state index in [2.05, 4.69) is 27.1 Å². The Bertz CT molecular complexity index is 1360. The van der Waals surface area contributed by atoms with Crippen LogP contribution in [0.4, 0.5) is 5.69 Å². The fourth-order valence-corrected chi connectivity index (χ4v) is 3.96. The van der Waals surface area contributed by atoms with Crippen LogP contribution < -0.4 is 9.64 Å². The lowest BCUT2D eigenvalue weighted by Crippen LogP contribution is -2.36. The number of carbonyl (C=O) groups excluding carboxylic acids is 1.